The van der Waals surface area contributed by atoms with Crippen LogP contribution in [0.1, 0.15) is 5.56 Å². The molecule has 0 aliphatic rings. The third-order valence-electron chi connectivity index (χ3n) is 4.54. The second kappa shape index (κ2) is 12.2. The maximum absolute atomic E-state index is 12.8. The van der Waals surface area contributed by atoms with E-state index in [0.29, 0.717) is 11.1 Å². The van der Waals surface area contributed by atoms with Crippen molar-refractivity contribution in [3.63, 3.8) is 0 Å². The van der Waals surface area contributed by atoms with Crippen LogP contribution < -0.4 is 18.9 Å². The number of aromatic nitrogens is 5. The molecule has 0 spiro atoms. The zero-order valence-electron chi connectivity index (χ0n) is 18.5. The standard InChI is InChI=1S/C22H19Br2N7O4S/c23-17-3-1-16(2-4-17)19-20(31-36(32,33)30-11-15-5-7-25-8-6-15)28-14-29-21(19)34-9-10-35-22-26-12-18(24)13-27-22/h1-8,12-14,30H,9-11H2,(H,28,29,31). The Hall–Kier alpha value is -3.20. The molecule has 3 aromatic heterocycles. The summed E-state index contributed by atoms with van der Waals surface area (Å²) >= 11 is 6.67. The Balaban J connectivity index is 1.52. The number of ether oxygens (including phenoxy) is 2. The van der Waals surface area contributed by atoms with Crippen LogP contribution in [0.3, 0.4) is 0 Å². The highest BCUT2D eigenvalue weighted by molar-refractivity contribution is 9.10. The predicted octanol–water partition coefficient (Wildman–Crippen LogP) is 3.76. The van der Waals surface area contributed by atoms with Gasteiger partial charge in [-0.25, -0.2) is 19.9 Å². The van der Waals surface area contributed by atoms with Gasteiger partial charge >= 0.3 is 16.2 Å². The largest absolute Gasteiger partial charge is 0.473 e. The van der Waals surface area contributed by atoms with Gasteiger partial charge in [-0.15, -0.1) is 0 Å². The Labute approximate surface area is 224 Å². The SMILES string of the molecule is O=S(=O)(NCc1ccncc1)Nc1ncnc(OCCOc2ncc(Br)cn2)c1-c1ccc(Br)cc1. The number of pyridine rings is 1. The van der Waals surface area contributed by atoms with Crippen molar-refractivity contribution in [1.82, 2.24) is 29.6 Å². The first kappa shape index (κ1) is 25.9. The lowest BCUT2D eigenvalue weighted by Crippen LogP contribution is -2.30. The molecule has 0 unspecified atom stereocenters. The minimum Gasteiger partial charge on any atom is -0.473 e. The molecule has 36 heavy (non-hydrogen) atoms. The van der Waals surface area contributed by atoms with E-state index in [2.05, 4.69) is 66.2 Å². The molecule has 0 fully saturated rings. The van der Waals surface area contributed by atoms with Gasteiger partial charge in [-0.05, 0) is 51.3 Å². The van der Waals surface area contributed by atoms with Gasteiger partial charge in [0, 0.05) is 35.8 Å². The minimum absolute atomic E-state index is 0.0571. The van der Waals surface area contributed by atoms with Crippen LogP contribution in [0.15, 0.2) is 76.5 Å². The Kier molecular flexibility index (Phi) is 8.74. The van der Waals surface area contributed by atoms with Crippen molar-refractivity contribution in [3.05, 3.63) is 82.0 Å². The summed E-state index contributed by atoms with van der Waals surface area (Å²) in [5.74, 6) is 0.237. The van der Waals surface area contributed by atoms with E-state index in [1.54, 1.807) is 49.1 Å². The molecule has 3 heterocycles. The first-order valence-electron chi connectivity index (χ1n) is 10.4. The van der Waals surface area contributed by atoms with Crippen molar-refractivity contribution in [2.45, 2.75) is 6.54 Å². The lowest BCUT2D eigenvalue weighted by atomic mass is 10.1. The van der Waals surface area contributed by atoms with Crippen molar-refractivity contribution in [3.8, 4) is 23.0 Å². The van der Waals surface area contributed by atoms with Crippen LogP contribution in [0.25, 0.3) is 11.1 Å². The van der Waals surface area contributed by atoms with Gasteiger partial charge in [0.15, 0.2) is 5.82 Å². The molecular weight excluding hydrogens is 618 g/mol. The van der Waals surface area contributed by atoms with Crippen molar-refractivity contribution in [1.29, 1.82) is 0 Å². The molecule has 4 rings (SSSR count). The molecule has 0 amide bonds. The van der Waals surface area contributed by atoms with E-state index < -0.39 is 10.2 Å². The van der Waals surface area contributed by atoms with Gasteiger partial charge in [-0.1, -0.05) is 28.1 Å². The summed E-state index contributed by atoms with van der Waals surface area (Å²) in [5.41, 5.74) is 1.78. The second-order valence-electron chi connectivity index (χ2n) is 7.07. The molecule has 2 N–H and O–H groups in total. The van der Waals surface area contributed by atoms with E-state index in [1.165, 1.54) is 6.33 Å². The molecule has 11 nitrogen and oxygen atoms in total. The fourth-order valence-corrected chi connectivity index (χ4v) is 4.23. The fraction of sp³-hybridized carbons (Fsp3) is 0.136. The molecule has 0 saturated heterocycles. The Morgan fingerprint density at radius 3 is 2.25 bits per heavy atom. The molecule has 0 aliphatic carbocycles. The maximum atomic E-state index is 12.8. The normalized spacial score (nSPS) is 11.2. The quantitative estimate of drug-likeness (QED) is 0.235. The molecule has 0 radical (unpaired) electrons. The number of nitrogens with one attached hydrogen (secondary N) is 2. The summed E-state index contributed by atoms with van der Waals surface area (Å²) in [5, 5.41) is 0. The number of hydrogen-bond donors (Lipinski definition) is 2. The molecule has 1 aromatic carbocycles. The van der Waals surface area contributed by atoms with Crippen molar-refractivity contribution < 1.29 is 17.9 Å². The third-order valence-corrected chi connectivity index (χ3v) is 6.47. The van der Waals surface area contributed by atoms with Gasteiger partial charge in [0.1, 0.15) is 19.5 Å². The smallest absolute Gasteiger partial charge is 0.316 e. The Morgan fingerprint density at radius 1 is 0.833 bits per heavy atom. The average molecular weight is 637 g/mol. The van der Waals surface area contributed by atoms with E-state index in [1.807, 2.05) is 12.1 Å². The van der Waals surface area contributed by atoms with Crippen LogP contribution in [0.4, 0.5) is 5.82 Å². The first-order chi connectivity index (χ1) is 17.4. The van der Waals surface area contributed by atoms with Crippen LogP contribution >= 0.6 is 31.9 Å². The number of nitrogens with zero attached hydrogens (tertiary/aromatic N) is 5. The van der Waals surface area contributed by atoms with Gasteiger partial charge in [-0.2, -0.15) is 13.1 Å². The van der Waals surface area contributed by atoms with E-state index in [9.17, 15) is 8.42 Å². The van der Waals surface area contributed by atoms with Crippen LogP contribution in [-0.4, -0.2) is 46.6 Å². The predicted molar refractivity (Wildman–Crippen MR) is 140 cm³/mol. The monoisotopic (exact) mass is 635 g/mol. The Morgan fingerprint density at radius 2 is 1.53 bits per heavy atom. The molecule has 0 atom stereocenters. The van der Waals surface area contributed by atoms with Gasteiger partial charge in [0.2, 0.25) is 5.88 Å². The van der Waals surface area contributed by atoms with Crippen molar-refractivity contribution in [2.75, 3.05) is 17.9 Å². The summed E-state index contributed by atoms with van der Waals surface area (Å²) < 4.78 is 43.4. The third kappa shape index (κ3) is 7.40. The molecule has 0 bridgehead atoms. The lowest BCUT2D eigenvalue weighted by molar-refractivity contribution is 0.202. The van der Waals surface area contributed by atoms with Gasteiger partial charge < -0.3 is 9.47 Å². The fourth-order valence-electron chi connectivity index (χ4n) is 2.92. The molecule has 186 valence electrons. The maximum Gasteiger partial charge on any atom is 0.316 e. The average Bonchev–Trinajstić information content (AvgIpc) is 2.88. The minimum atomic E-state index is -3.97. The highest BCUT2D eigenvalue weighted by Crippen LogP contribution is 2.35. The highest BCUT2D eigenvalue weighted by atomic mass is 79.9. The van der Waals surface area contributed by atoms with E-state index in [-0.39, 0.29) is 37.5 Å². The zero-order chi connectivity index (χ0) is 25.4. The number of anilines is 1. The van der Waals surface area contributed by atoms with Gasteiger partial charge in [-0.3, -0.25) is 9.71 Å². The van der Waals surface area contributed by atoms with Gasteiger partial charge in [0.05, 0.1) is 10.0 Å². The summed E-state index contributed by atoms with van der Waals surface area (Å²) in [4.78, 5) is 20.4. The zero-order valence-corrected chi connectivity index (χ0v) is 22.5. The van der Waals surface area contributed by atoms with Crippen LogP contribution in [0, 0.1) is 0 Å². The van der Waals surface area contributed by atoms with Crippen molar-refractivity contribution in [2.24, 2.45) is 0 Å². The number of halogens is 2. The summed E-state index contributed by atoms with van der Waals surface area (Å²) in [6.45, 7) is 0.321. The summed E-state index contributed by atoms with van der Waals surface area (Å²) in [7, 11) is -3.97. The number of benzene rings is 1. The Bertz CT molecular complexity index is 1390. The first-order valence-corrected chi connectivity index (χ1v) is 13.5. The van der Waals surface area contributed by atoms with Crippen LogP contribution in [0.2, 0.25) is 0 Å². The van der Waals surface area contributed by atoms with E-state index in [4.69, 9.17) is 9.47 Å². The van der Waals surface area contributed by atoms with Crippen LogP contribution in [0.5, 0.6) is 11.9 Å². The highest BCUT2D eigenvalue weighted by Gasteiger charge is 2.20. The number of rotatable bonds is 11. The van der Waals surface area contributed by atoms with Crippen LogP contribution in [-0.2, 0) is 16.8 Å². The van der Waals surface area contributed by atoms with E-state index in [0.717, 1.165) is 14.5 Å². The van der Waals surface area contributed by atoms with E-state index >= 15 is 0 Å². The molecule has 4 aromatic rings. The lowest BCUT2D eigenvalue weighted by Gasteiger charge is -2.16. The summed E-state index contributed by atoms with van der Waals surface area (Å²) in [6.07, 6.45) is 7.53. The second-order valence-corrected chi connectivity index (χ2v) is 10.4. The molecule has 14 heteroatoms. The molecular formula is C22H19Br2N7O4S. The summed E-state index contributed by atoms with van der Waals surface area (Å²) in [6, 6.07) is 10.9. The van der Waals surface area contributed by atoms with Crippen molar-refractivity contribution >= 4 is 47.9 Å². The molecule has 0 aliphatic heterocycles. The van der Waals surface area contributed by atoms with Gasteiger partial charge in [0.25, 0.3) is 0 Å². The topological polar surface area (TPSA) is 141 Å². The number of hydrogen-bond acceptors (Lipinski definition) is 9. The molecule has 0 saturated carbocycles.